The van der Waals surface area contributed by atoms with E-state index >= 15 is 0 Å². The van der Waals surface area contributed by atoms with Crippen LogP contribution in [-0.4, -0.2) is 47.9 Å². The van der Waals surface area contributed by atoms with Gasteiger partial charge in [-0.3, -0.25) is 19.8 Å². The summed E-state index contributed by atoms with van der Waals surface area (Å²) < 4.78 is 10.2. The van der Waals surface area contributed by atoms with E-state index in [-0.39, 0.29) is 19.0 Å². The summed E-state index contributed by atoms with van der Waals surface area (Å²) in [5, 5.41) is 18.9. The Balaban J connectivity index is 1.98. The third-order valence-corrected chi connectivity index (χ3v) is 4.81. The van der Waals surface area contributed by atoms with Crippen molar-refractivity contribution >= 4 is 35.7 Å². The van der Waals surface area contributed by atoms with Crippen molar-refractivity contribution in [3.63, 3.8) is 0 Å². The topological polar surface area (TPSA) is 169 Å². The Morgan fingerprint density at radius 1 is 1.06 bits per heavy atom. The molecule has 0 aliphatic rings. The molecule has 0 fully saturated rings. The number of hydrogen-bond donors (Lipinski definition) is 4. The molecule has 0 saturated carbocycles. The van der Waals surface area contributed by atoms with Gasteiger partial charge < -0.3 is 25.6 Å². The number of rotatable bonds is 11. The van der Waals surface area contributed by atoms with Gasteiger partial charge in [0.05, 0.1) is 24.5 Å². The molecule has 10 nitrogen and oxygen atoms in total. The first kappa shape index (κ1) is 26.8. The minimum absolute atomic E-state index is 0.0884. The van der Waals surface area contributed by atoms with Crippen LogP contribution < -0.4 is 15.8 Å². The maximum Gasteiger partial charge on any atom is 0.343 e. The van der Waals surface area contributed by atoms with Crippen LogP contribution in [-0.2, 0) is 19.1 Å². The van der Waals surface area contributed by atoms with Crippen LogP contribution in [0.1, 0.15) is 41.8 Å². The molecule has 1 atom stereocenters. The zero-order valence-electron chi connectivity index (χ0n) is 19.4. The number of nitrogen functional groups attached to an aromatic ring is 1. The quantitative estimate of drug-likeness (QED) is 0.125. The molecule has 0 spiro atoms. The molecule has 0 heterocycles. The molecule has 2 aromatic carbocycles. The second kappa shape index (κ2) is 12.7. The normalized spacial score (nSPS) is 11.8. The van der Waals surface area contributed by atoms with Gasteiger partial charge in [0, 0.05) is 17.7 Å². The van der Waals surface area contributed by atoms with Crippen LogP contribution in [0.5, 0.6) is 5.75 Å². The summed E-state index contributed by atoms with van der Waals surface area (Å²) >= 11 is 0. The molecule has 0 aliphatic heterocycles. The zero-order valence-corrected chi connectivity index (χ0v) is 19.4. The van der Waals surface area contributed by atoms with Gasteiger partial charge in [0.25, 0.3) is 0 Å². The number of amides is 1. The van der Waals surface area contributed by atoms with Gasteiger partial charge in [-0.2, -0.15) is 0 Å². The van der Waals surface area contributed by atoms with Crippen molar-refractivity contribution < 1.29 is 33.8 Å². The number of nitrogens with two attached hydrogens (primary N) is 1. The van der Waals surface area contributed by atoms with E-state index in [9.17, 15) is 19.2 Å². The molecular formula is C25H27N3O7. The van der Waals surface area contributed by atoms with E-state index in [1.807, 2.05) is 0 Å². The Bertz CT molecular complexity index is 1120. The first-order valence-corrected chi connectivity index (χ1v) is 10.7. The van der Waals surface area contributed by atoms with E-state index in [0.29, 0.717) is 28.0 Å². The van der Waals surface area contributed by atoms with E-state index in [2.05, 4.69) is 5.32 Å². The van der Waals surface area contributed by atoms with Crippen LogP contribution in [0.3, 0.4) is 0 Å². The van der Waals surface area contributed by atoms with Crippen LogP contribution >= 0.6 is 0 Å². The van der Waals surface area contributed by atoms with Crippen LogP contribution in [0.15, 0.2) is 54.1 Å². The summed E-state index contributed by atoms with van der Waals surface area (Å²) in [6.07, 6.45) is 1.13. The largest absolute Gasteiger partial charge is 0.481 e. The van der Waals surface area contributed by atoms with Gasteiger partial charge in [0.15, 0.2) is 0 Å². The molecular weight excluding hydrogens is 454 g/mol. The fourth-order valence-electron chi connectivity index (χ4n) is 2.96. The van der Waals surface area contributed by atoms with Crippen molar-refractivity contribution in [1.82, 2.24) is 5.32 Å². The predicted molar refractivity (Wildman–Crippen MR) is 128 cm³/mol. The zero-order chi connectivity index (χ0) is 26.0. The molecule has 0 aromatic heterocycles. The Morgan fingerprint density at radius 2 is 1.66 bits per heavy atom. The third kappa shape index (κ3) is 8.43. The van der Waals surface area contributed by atoms with Crippen LogP contribution in [0, 0.1) is 11.3 Å². The number of benzene rings is 2. The lowest BCUT2D eigenvalue weighted by Crippen LogP contribution is -2.35. The number of carboxylic acid groups (broad SMARTS) is 1. The van der Waals surface area contributed by atoms with Crippen LogP contribution in [0.2, 0.25) is 0 Å². The maximum absolute atomic E-state index is 12.4. The van der Waals surface area contributed by atoms with Crippen LogP contribution in [0.25, 0.3) is 6.08 Å². The summed E-state index contributed by atoms with van der Waals surface area (Å²) in [6, 6.07) is 12.6. The Hall–Kier alpha value is -4.47. The molecule has 0 bridgehead atoms. The highest BCUT2D eigenvalue weighted by atomic mass is 16.5. The maximum atomic E-state index is 12.4. The molecule has 184 valence electrons. The molecule has 1 unspecified atom stereocenters. The molecule has 0 saturated heterocycles. The summed E-state index contributed by atoms with van der Waals surface area (Å²) in [5.74, 6) is -3.68. The molecule has 0 radical (unpaired) electrons. The highest BCUT2D eigenvalue weighted by Crippen LogP contribution is 2.16. The summed E-state index contributed by atoms with van der Waals surface area (Å²) in [7, 11) is 0. The van der Waals surface area contributed by atoms with E-state index in [1.54, 1.807) is 56.3 Å². The number of carbonyl (C=O) groups is 4. The van der Waals surface area contributed by atoms with E-state index < -0.39 is 36.2 Å². The van der Waals surface area contributed by atoms with Crippen molar-refractivity contribution in [2.24, 2.45) is 11.7 Å². The predicted octanol–water partition coefficient (Wildman–Crippen LogP) is 2.36. The minimum atomic E-state index is -1.17. The number of carboxylic acids is 1. The fourth-order valence-corrected chi connectivity index (χ4v) is 2.96. The first-order chi connectivity index (χ1) is 16.6. The lowest BCUT2D eigenvalue weighted by molar-refractivity contribution is -0.152. The number of hydrogen-bond acceptors (Lipinski definition) is 7. The molecule has 2 aromatic rings. The van der Waals surface area contributed by atoms with Gasteiger partial charge in [0.2, 0.25) is 5.91 Å². The van der Waals surface area contributed by atoms with Crippen molar-refractivity contribution in [1.29, 1.82) is 5.41 Å². The average Bonchev–Trinajstić information content (AvgIpc) is 2.82. The van der Waals surface area contributed by atoms with Crippen molar-refractivity contribution in [3.8, 4) is 5.75 Å². The SMILES string of the molecule is CCOC(=O)C(CNC(=O)/C(C)=C/c1ccc(C(=O)Oc2ccc(C(=N)N)cc2)cc1)CC(=O)O. The van der Waals surface area contributed by atoms with Gasteiger partial charge in [-0.05, 0) is 61.9 Å². The summed E-state index contributed by atoms with van der Waals surface area (Å²) in [5.41, 5.74) is 7.18. The first-order valence-electron chi connectivity index (χ1n) is 10.7. The summed E-state index contributed by atoms with van der Waals surface area (Å²) in [6.45, 7) is 3.11. The number of amidine groups is 1. The second-order valence-electron chi connectivity index (χ2n) is 7.53. The minimum Gasteiger partial charge on any atom is -0.481 e. The van der Waals surface area contributed by atoms with E-state index in [1.165, 1.54) is 12.1 Å². The molecule has 0 aliphatic carbocycles. The highest BCUT2D eigenvalue weighted by Gasteiger charge is 2.24. The fraction of sp³-hybridized carbons (Fsp3) is 0.240. The number of aliphatic carboxylic acids is 1. The number of carbonyl (C=O) groups excluding carboxylic acids is 3. The lowest BCUT2D eigenvalue weighted by atomic mass is 10.1. The van der Waals surface area contributed by atoms with Crippen molar-refractivity contribution in [2.45, 2.75) is 20.3 Å². The standard InChI is InChI=1S/C25H27N3O7/c1-3-34-24(32)19(13-21(29)30)14-28-23(31)15(2)12-16-4-6-18(7-5-16)25(33)35-20-10-8-17(9-11-20)22(26)27/h4-12,19H,3,13-14H2,1-2H3,(H3,26,27)(H,28,31)(H,29,30)/b15-12+. The van der Waals surface area contributed by atoms with E-state index in [0.717, 1.165) is 0 Å². The highest BCUT2D eigenvalue weighted by molar-refractivity contribution is 5.98. The number of nitrogens with one attached hydrogen (secondary N) is 2. The third-order valence-electron chi connectivity index (χ3n) is 4.81. The smallest absolute Gasteiger partial charge is 0.343 e. The molecule has 1 amide bonds. The average molecular weight is 482 g/mol. The molecule has 5 N–H and O–H groups in total. The molecule has 10 heteroatoms. The van der Waals surface area contributed by atoms with Gasteiger partial charge in [-0.25, -0.2) is 4.79 Å². The number of esters is 2. The Labute approximate surface area is 202 Å². The van der Waals surface area contributed by atoms with E-state index in [4.69, 9.17) is 25.7 Å². The monoisotopic (exact) mass is 481 g/mol. The Kier molecular flexibility index (Phi) is 9.71. The van der Waals surface area contributed by atoms with Gasteiger partial charge in [-0.15, -0.1) is 0 Å². The summed E-state index contributed by atoms with van der Waals surface area (Å²) in [4.78, 5) is 47.6. The van der Waals surface area contributed by atoms with Crippen molar-refractivity contribution in [3.05, 3.63) is 70.8 Å². The molecule has 35 heavy (non-hydrogen) atoms. The van der Waals surface area contributed by atoms with Crippen molar-refractivity contribution in [2.75, 3.05) is 13.2 Å². The Morgan fingerprint density at radius 3 is 2.20 bits per heavy atom. The van der Waals surface area contributed by atoms with Gasteiger partial charge in [-0.1, -0.05) is 12.1 Å². The second-order valence-corrected chi connectivity index (χ2v) is 7.53. The van der Waals surface area contributed by atoms with Crippen LogP contribution in [0.4, 0.5) is 0 Å². The van der Waals surface area contributed by atoms with Gasteiger partial charge in [0.1, 0.15) is 11.6 Å². The number of ether oxygens (including phenoxy) is 2. The lowest BCUT2D eigenvalue weighted by Gasteiger charge is -2.14. The molecule has 2 rings (SSSR count). The van der Waals surface area contributed by atoms with Gasteiger partial charge >= 0.3 is 17.9 Å².